The molecule has 0 radical (unpaired) electrons. The molecule has 52 heteroatoms. The zero-order valence-corrected chi connectivity index (χ0v) is 63.6. The minimum absolute atomic E-state index is 0.839. The van der Waals surface area contributed by atoms with E-state index in [9.17, 15) is 152 Å². The first kappa shape index (κ1) is 96.8. The van der Waals surface area contributed by atoms with Crippen LogP contribution < -0.4 is 16.0 Å². The van der Waals surface area contributed by atoms with Crippen molar-refractivity contribution in [2.75, 3.05) is 52.9 Å². The molecule has 10 aliphatic rings. The Morgan fingerprint density at radius 3 is 1.04 bits per heavy atom. The van der Waals surface area contributed by atoms with Crippen molar-refractivity contribution in [3.63, 3.8) is 0 Å². The highest BCUT2D eigenvalue weighted by molar-refractivity contribution is 5.74. The molecule has 0 saturated carbocycles. The van der Waals surface area contributed by atoms with Crippen molar-refractivity contribution in [3.05, 3.63) is 0 Å². The maximum atomic E-state index is 13.5. The molecule has 10 saturated heterocycles. The number of nitrogens with one attached hydrogen (secondary N) is 3. The van der Waals surface area contributed by atoms with Crippen molar-refractivity contribution in [1.29, 1.82) is 0 Å². The molecule has 0 aromatic rings. The Labute approximate surface area is 668 Å². The van der Waals surface area contributed by atoms with Crippen molar-refractivity contribution < 1.29 is 242 Å². The van der Waals surface area contributed by atoms with Gasteiger partial charge >= 0.3 is 0 Å². The van der Waals surface area contributed by atoms with Gasteiger partial charge in [-0.05, 0) is 13.8 Å². The van der Waals surface area contributed by atoms with E-state index in [0.29, 0.717) is 0 Å². The Morgan fingerprint density at radius 2 is 0.534 bits per heavy atom. The molecule has 0 spiro atoms. The third kappa shape index (κ3) is 21.0. The monoisotopic (exact) mass is 1730 g/mol. The van der Waals surface area contributed by atoms with E-state index in [2.05, 4.69) is 16.0 Å². The van der Waals surface area contributed by atoms with Gasteiger partial charge in [0.15, 0.2) is 62.9 Å². The third-order valence-corrected chi connectivity index (χ3v) is 22.0. The zero-order chi connectivity index (χ0) is 86.8. The Bertz CT molecular complexity index is 3140. The van der Waals surface area contributed by atoms with E-state index in [0.717, 1.165) is 20.8 Å². The lowest BCUT2D eigenvalue weighted by molar-refractivity contribution is -0.403. The molecular formula is C66H111N3O49. The molecule has 10 aliphatic heterocycles. The fourth-order valence-electron chi connectivity index (χ4n) is 15.3. The molecule has 0 bridgehead atoms. The number of carbonyl (C=O) groups is 3. The number of aliphatic hydroxyl groups is 27. The fourth-order valence-corrected chi connectivity index (χ4v) is 15.3. The second-order valence-corrected chi connectivity index (χ2v) is 30.2. The lowest BCUT2D eigenvalue weighted by atomic mass is 9.93. The van der Waals surface area contributed by atoms with Gasteiger partial charge in [0.25, 0.3) is 0 Å². The van der Waals surface area contributed by atoms with Gasteiger partial charge in [0.05, 0.1) is 65.1 Å². The lowest BCUT2D eigenvalue weighted by Crippen LogP contribution is -2.71. The maximum absolute atomic E-state index is 13.5. The number of rotatable bonds is 29. The molecule has 118 heavy (non-hydrogen) atoms. The first-order valence-electron chi connectivity index (χ1n) is 37.9. The van der Waals surface area contributed by atoms with E-state index in [1.54, 1.807) is 0 Å². The second kappa shape index (κ2) is 41.8. The smallest absolute Gasteiger partial charge is 0.217 e. The summed E-state index contributed by atoms with van der Waals surface area (Å²) >= 11 is 0. The summed E-state index contributed by atoms with van der Waals surface area (Å²) in [5, 5.41) is 308. The van der Waals surface area contributed by atoms with Crippen LogP contribution in [0.15, 0.2) is 0 Å². The SMILES string of the molecule is CC(=O)N[C@@H]1[C@@H](O)[C@H](O[C@@H]2O[C@H](CO)[C@@H](O[C@@H]3O[C@H](CO[C@H]4O[C@H](CO)[C@@H](O)[C@H](O[C@H]5O[C@H](CO)[C@@H](O)[C@H](O)[C@@H]5O)[C@@H]4O)[C@@H](O)[C@H](O[C@H]4O[C@H](CO)[C@@H](O)[C@H](O)[C@@H]4O[C@@H]4O[C@H](CO)[C@@H](O[C@@H]5O[C@H](CO)[C@H](O)[C@H](O)[C@H]5O)[C@H](O[C@@H]5O[C@@H](C)[C@@H](O)[C@@H](O)[C@@H]5O)[C@H]4NC(C)=O)[C@@H]3O)[C@H](O)[C@H]2NC(C)=O)[C@@H](CO[C@@H]2O[C@@H](C)[C@@H](O)[C@@H](O)[C@@H]2O)O[C@H]1O. The molecule has 0 aromatic heterocycles. The summed E-state index contributed by atoms with van der Waals surface area (Å²) in [4.78, 5) is 39.2. The maximum Gasteiger partial charge on any atom is 0.217 e. The van der Waals surface area contributed by atoms with Gasteiger partial charge in [-0.1, -0.05) is 0 Å². The van der Waals surface area contributed by atoms with E-state index in [4.69, 9.17) is 90.0 Å². The van der Waals surface area contributed by atoms with Crippen molar-refractivity contribution in [3.8, 4) is 0 Å². The van der Waals surface area contributed by atoms with Crippen LogP contribution in [0, 0.1) is 0 Å². The third-order valence-electron chi connectivity index (χ3n) is 22.0. The van der Waals surface area contributed by atoms with Crippen molar-refractivity contribution in [2.45, 2.75) is 341 Å². The molecule has 0 aliphatic carbocycles. The first-order valence-corrected chi connectivity index (χ1v) is 37.9. The molecule has 0 aromatic carbocycles. The lowest BCUT2D eigenvalue weighted by Gasteiger charge is -2.52. The summed E-state index contributed by atoms with van der Waals surface area (Å²) in [6.07, 6.45) is -97.0. The van der Waals surface area contributed by atoms with Crippen molar-refractivity contribution in [2.24, 2.45) is 0 Å². The first-order chi connectivity index (χ1) is 55.7. The van der Waals surface area contributed by atoms with Gasteiger partial charge in [0, 0.05) is 20.8 Å². The zero-order valence-electron chi connectivity index (χ0n) is 63.6. The van der Waals surface area contributed by atoms with Gasteiger partial charge in [-0.2, -0.15) is 0 Å². The van der Waals surface area contributed by atoms with E-state index < -0.39 is 377 Å². The van der Waals surface area contributed by atoms with Crippen LogP contribution in [-0.4, -0.2) is 515 Å². The summed E-state index contributed by atoms with van der Waals surface area (Å²) < 4.78 is 113. The Balaban J connectivity index is 0.994. The molecule has 50 atom stereocenters. The minimum Gasteiger partial charge on any atom is -0.394 e. The average Bonchev–Trinajstić information content (AvgIpc) is 0.758. The molecule has 52 nitrogen and oxygen atoms in total. The van der Waals surface area contributed by atoms with Gasteiger partial charge < -0.3 is 244 Å². The Morgan fingerprint density at radius 1 is 0.237 bits per heavy atom. The highest BCUT2D eigenvalue weighted by atomic mass is 16.8. The summed E-state index contributed by atoms with van der Waals surface area (Å²) in [5.74, 6) is -2.84. The highest BCUT2D eigenvalue weighted by Crippen LogP contribution is 2.41. The number of ether oxygens (including phenoxy) is 19. The summed E-state index contributed by atoms with van der Waals surface area (Å²) in [6.45, 7) is -3.46. The van der Waals surface area contributed by atoms with Crippen LogP contribution in [0.3, 0.4) is 0 Å². The van der Waals surface area contributed by atoms with Crippen molar-refractivity contribution >= 4 is 17.7 Å². The predicted octanol–water partition coefficient (Wildman–Crippen LogP) is -20.3. The minimum atomic E-state index is -2.62. The number of amides is 3. The van der Waals surface area contributed by atoms with Gasteiger partial charge in [-0.3, -0.25) is 14.4 Å². The van der Waals surface area contributed by atoms with Crippen LogP contribution >= 0.6 is 0 Å². The second-order valence-electron chi connectivity index (χ2n) is 30.2. The van der Waals surface area contributed by atoms with Crippen LogP contribution in [-0.2, 0) is 104 Å². The number of aliphatic hydroxyl groups excluding tert-OH is 27. The molecule has 10 rings (SSSR count). The number of hydrogen-bond donors (Lipinski definition) is 30. The van der Waals surface area contributed by atoms with E-state index in [1.807, 2.05) is 0 Å². The van der Waals surface area contributed by atoms with Crippen LogP contribution in [0.2, 0.25) is 0 Å². The quantitative estimate of drug-likeness (QED) is 0.0331. The van der Waals surface area contributed by atoms with Crippen LogP contribution in [0.4, 0.5) is 0 Å². The van der Waals surface area contributed by atoms with Gasteiger partial charge in [-0.25, -0.2) is 0 Å². The molecular weight excluding hydrogens is 1620 g/mol. The topological polar surface area (TPSA) is 809 Å². The Hall–Kier alpha value is -3.43. The molecule has 3 amide bonds. The normalized spacial score (nSPS) is 51.1. The molecule has 30 N–H and O–H groups in total. The number of carbonyl (C=O) groups excluding carboxylic acids is 3. The van der Waals surface area contributed by atoms with Crippen LogP contribution in [0.25, 0.3) is 0 Å². The summed E-state index contributed by atoms with van der Waals surface area (Å²) in [5.41, 5.74) is 0. The van der Waals surface area contributed by atoms with Gasteiger partial charge in [0.2, 0.25) is 17.7 Å². The molecule has 684 valence electrons. The standard InChI is InChI=1S/C66H111N3O49/c1-14-30(79)39(88)44(93)60(102-14)101-13-26-51(37(86)27(57(99)104-26)67-16(3)76)112-58-28(68-17(4)77)38(87)50(23(10-74)109-58)113-65-49(98)55(36(85)25(111-65)12-100-61-48(97)54(35(84)22(9-73)105-61)116-64-47(96)42(91)33(82)20(7-71)107-64)117-66-56(43(92)34(83)21(8-72)108-66)118-59-29(69-18(5)78)53(115-62-45(94)40(89)31(80)15(2)103-62)52(24(11-75)110-59)114-63-46(95)41(90)32(81)19(6-70)106-63/h14-15,19-66,70-75,79-99H,6-13H2,1-5H3,(H,67,76)(H,68,77)(H,69,78)/t14-,15-,19+,20+,21+,22+,23+,24+,25+,26+,27+,28+,29+,30+,31+,32-,33+,34+,35+,36+,37+,38+,39+,40+,41-,42-,43-,44-,45-,46+,47-,48-,49-,50+,51+,52+,53+,54-,55-,56-,57+,58-,59-,60+,61-,62-,63-,64+,65-,66+/m0/s1. The largest absolute Gasteiger partial charge is 0.394 e. The molecule has 10 fully saturated rings. The van der Waals surface area contributed by atoms with Gasteiger partial charge in [-0.15, -0.1) is 0 Å². The summed E-state index contributed by atoms with van der Waals surface area (Å²) in [7, 11) is 0. The highest BCUT2D eigenvalue weighted by Gasteiger charge is 2.62. The predicted molar refractivity (Wildman–Crippen MR) is 362 cm³/mol. The van der Waals surface area contributed by atoms with E-state index >= 15 is 0 Å². The van der Waals surface area contributed by atoms with Gasteiger partial charge in [0.1, 0.15) is 232 Å². The van der Waals surface area contributed by atoms with Crippen LogP contribution in [0.1, 0.15) is 34.6 Å². The molecule has 0 unspecified atom stereocenters. The number of hydrogen-bond acceptors (Lipinski definition) is 49. The fraction of sp³-hybridized carbons (Fsp3) is 0.955. The average molecular weight is 1730 g/mol. The van der Waals surface area contributed by atoms with E-state index in [-0.39, 0.29) is 0 Å². The summed E-state index contributed by atoms with van der Waals surface area (Å²) in [6, 6.07) is -5.81. The van der Waals surface area contributed by atoms with Crippen LogP contribution in [0.5, 0.6) is 0 Å². The molecule has 10 heterocycles. The Kier molecular flexibility index (Phi) is 34.3. The van der Waals surface area contributed by atoms with E-state index in [1.165, 1.54) is 13.8 Å². The van der Waals surface area contributed by atoms with Crippen molar-refractivity contribution in [1.82, 2.24) is 16.0 Å².